The van der Waals surface area contributed by atoms with Crippen molar-refractivity contribution in [1.82, 2.24) is 4.72 Å². The van der Waals surface area contributed by atoms with E-state index in [1.54, 1.807) is 32.9 Å². The van der Waals surface area contributed by atoms with Gasteiger partial charge in [-0.1, -0.05) is 15.9 Å². The van der Waals surface area contributed by atoms with Crippen molar-refractivity contribution in [2.45, 2.75) is 26.8 Å². The molecular weight excluding hydrogens is 306 g/mol. The second-order valence-corrected chi connectivity index (χ2v) is 6.43. The number of halogens is 1. The third-order valence-corrected chi connectivity index (χ3v) is 3.67. The Balaban J connectivity index is 3.04. The average molecular weight is 322 g/mol. The molecule has 0 saturated carbocycles. The molecule has 4 N–H and O–H groups in total. The number of hydrogen-bond donors (Lipinski definition) is 3. The van der Waals surface area contributed by atoms with Crippen molar-refractivity contribution in [3.05, 3.63) is 22.2 Å². The first-order valence-corrected chi connectivity index (χ1v) is 7.34. The topological polar surface area (TPSA) is 84.2 Å². The lowest BCUT2D eigenvalue weighted by atomic mass is 10.2. The molecule has 0 spiro atoms. The van der Waals surface area contributed by atoms with Crippen LogP contribution in [0.25, 0.3) is 0 Å². The van der Waals surface area contributed by atoms with Gasteiger partial charge in [0.05, 0.1) is 11.4 Å². The van der Waals surface area contributed by atoms with Gasteiger partial charge in [0.1, 0.15) is 0 Å². The Morgan fingerprint density at radius 2 is 1.94 bits per heavy atom. The quantitative estimate of drug-likeness (QED) is 0.741. The first-order chi connectivity index (χ1) is 7.71. The van der Waals surface area contributed by atoms with Crippen LogP contribution in [0, 0.1) is 6.92 Å². The Kier molecular flexibility index (Phi) is 4.40. The molecule has 17 heavy (non-hydrogen) atoms. The minimum atomic E-state index is -3.59. The van der Waals surface area contributed by atoms with Crippen molar-refractivity contribution in [3.8, 4) is 0 Å². The summed E-state index contributed by atoms with van der Waals surface area (Å²) in [5.74, 6) is 0. The number of nitrogens with one attached hydrogen (secondary N) is 2. The molecular formula is C10H16BrN3O2S. The van der Waals surface area contributed by atoms with E-state index in [0.717, 1.165) is 10.0 Å². The number of rotatable bonds is 4. The molecule has 0 saturated heterocycles. The largest absolute Gasteiger partial charge is 0.397 e. The smallest absolute Gasteiger partial charge is 0.299 e. The fourth-order valence-electron chi connectivity index (χ4n) is 1.38. The van der Waals surface area contributed by atoms with Crippen LogP contribution < -0.4 is 15.2 Å². The van der Waals surface area contributed by atoms with Gasteiger partial charge in [0, 0.05) is 10.5 Å². The van der Waals surface area contributed by atoms with Gasteiger partial charge in [0.15, 0.2) is 0 Å². The van der Waals surface area contributed by atoms with Gasteiger partial charge in [0.25, 0.3) is 10.2 Å². The summed E-state index contributed by atoms with van der Waals surface area (Å²) in [5, 5.41) is 0. The molecule has 0 amide bonds. The molecule has 1 rings (SSSR count). The molecule has 0 aromatic heterocycles. The van der Waals surface area contributed by atoms with Gasteiger partial charge in [-0.15, -0.1) is 0 Å². The van der Waals surface area contributed by atoms with Crippen molar-refractivity contribution < 1.29 is 8.42 Å². The van der Waals surface area contributed by atoms with Crippen LogP contribution in [0.3, 0.4) is 0 Å². The summed E-state index contributed by atoms with van der Waals surface area (Å²) in [4.78, 5) is 0. The summed E-state index contributed by atoms with van der Waals surface area (Å²) in [6, 6.07) is 3.27. The molecule has 0 aliphatic carbocycles. The molecule has 0 radical (unpaired) electrons. The maximum atomic E-state index is 11.7. The maximum absolute atomic E-state index is 11.7. The van der Waals surface area contributed by atoms with E-state index in [-0.39, 0.29) is 6.04 Å². The molecule has 0 bridgehead atoms. The fourth-order valence-corrected chi connectivity index (χ4v) is 3.20. The first kappa shape index (κ1) is 14.3. The average Bonchev–Trinajstić information content (AvgIpc) is 2.09. The second-order valence-electron chi connectivity index (χ2n) is 4.06. The van der Waals surface area contributed by atoms with Gasteiger partial charge in [-0.25, -0.2) is 0 Å². The SMILES string of the molecule is Cc1cc(Br)cc(N)c1NS(=O)(=O)NC(C)C. The van der Waals surface area contributed by atoms with Crippen LogP contribution >= 0.6 is 15.9 Å². The minimum absolute atomic E-state index is 0.176. The Hall–Kier alpha value is -0.790. The van der Waals surface area contributed by atoms with E-state index >= 15 is 0 Å². The zero-order chi connectivity index (χ0) is 13.2. The third kappa shape index (κ3) is 4.18. The van der Waals surface area contributed by atoms with Crippen LogP contribution in [-0.2, 0) is 10.2 Å². The summed E-state index contributed by atoms with van der Waals surface area (Å²) in [5.41, 5.74) is 7.32. The van der Waals surface area contributed by atoms with Crippen molar-refractivity contribution in [3.63, 3.8) is 0 Å². The van der Waals surface area contributed by atoms with Crippen molar-refractivity contribution >= 4 is 37.5 Å². The number of nitrogens with two attached hydrogens (primary N) is 1. The van der Waals surface area contributed by atoms with Crippen LogP contribution in [0.1, 0.15) is 19.4 Å². The Labute approximate surface area is 110 Å². The highest BCUT2D eigenvalue weighted by molar-refractivity contribution is 9.10. The summed E-state index contributed by atoms with van der Waals surface area (Å²) < 4.78 is 29.1. The van der Waals surface area contributed by atoms with Crippen LogP contribution in [0.2, 0.25) is 0 Å². The third-order valence-electron chi connectivity index (χ3n) is 1.96. The Morgan fingerprint density at radius 3 is 2.41 bits per heavy atom. The van der Waals surface area contributed by atoms with E-state index < -0.39 is 10.2 Å². The molecule has 1 aromatic carbocycles. The lowest BCUT2D eigenvalue weighted by Crippen LogP contribution is -2.35. The molecule has 0 aliphatic rings. The molecule has 5 nitrogen and oxygen atoms in total. The summed E-state index contributed by atoms with van der Waals surface area (Å²) in [6.45, 7) is 5.28. The normalized spacial score (nSPS) is 11.8. The van der Waals surface area contributed by atoms with Gasteiger partial charge in [-0.2, -0.15) is 13.1 Å². The Bertz CT molecular complexity index is 491. The van der Waals surface area contributed by atoms with Gasteiger partial charge in [-0.3, -0.25) is 4.72 Å². The molecule has 0 fully saturated rings. The zero-order valence-corrected chi connectivity index (χ0v) is 12.3. The lowest BCUT2D eigenvalue weighted by molar-refractivity contribution is 0.575. The van der Waals surface area contributed by atoms with E-state index in [9.17, 15) is 8.42 Å². The molecule has 0 unspecified atom stereocenters. The van der Waals surface area contributed by atoms with E-state index in [0.29, 0.717) is 11.4 Å². The highest BCUT2D eigenvalue weighted by Crippen LogP contribution is 2.28. The molecule has 1 aromatic rings. The standard InChI is InChI=1S/C10H16BrN3O2S/c1-6(2)13-17(15,16)14-10-7(3)4-8(11)5-9(10)12/h4-6,13-14H,12H2,1-3H3. The predicted molar refractivity (Wildman–Crippen MR) is 74.1 cm³/mol. The molecule has 96 valence electrons. The number of nitrogen functional groups attached to an aromatic ring is 1. The van der Waals surface area contributed by atoms with Crippen molar-refractivity contribution in [2.24, 2.45) is 0 Å². The van der Waals surface area contributed by atoms with E-state index in [4.69, 9.17) is 5.73 Å². The monoisotopic (exact) mass is 321 g/mol. The van der Waals surface area contributed by atoms with Crippen molar-refractivity contribution in [1.29, 1.82) is 0 Å². The van der Waals surface area contributed by atoms with Crippen LogP contribution in [-0.4, -0.2) is 14.5 Å². The van der Waals surface area contributed by atoms with E-state index in [2.05, 4.69) is 25.4 Å². The number of benzene rings is 1. The van der Waals surface area contributed by atoms with Crippen LogP contribution in [0.15, 0.2) is 16.6 Å². The Morgan fingerprint density at radius 1 is 1.35 bits per heavy atom. The molecule has 0 heterocycles. The van der Waals surface area contributed by atoms with Crippen LogP contribution in [0.5, 0.6) is 0 Å². The number of aryl methyl sites for hydroxylation is 1. The molecule has 7 heteroatoms. The zero-order valence-electron chi connectivity index (χ0n) is 9.91. The van der Waals surface area contributed by atoms with Crippen molar-refractivity contribution in [2.75, 3.05) is 10.5 Å². The fraction of sp³-hybridized carbons (Fsp3) is 0.400. The molecule has 0 aliphatic heterocycles. The summed E-state index contributed by atoms with van der Waals surface area (Å²) in [6.07, 6.45) is 0. The summed E-state index contributed by atoms with van der Waals surface area (Å²) >= 11 is 3.29. The van der Waals surface area contributed by atoms with E-state index in [1.165, 1.54) is 0 Å². The van der Waals surface area contributed by atoms with E-state index in [1.807, 2.05) is 0 Å². The van der Waals surface area contributed by atoms with Gasteiger partial charge >= 0.3 is 0 Å². The van der Waals surface area contributed by atoms with Gasteiger partial charge in [0.2, 0.25) is 0 Å². The van der Waals surface area contributed by atoms with Gasteiger partial charge < -0.3 is 5.73 Å². The number of anilines is 2. The highest BCUT2D eigenvalue weighted by Gasteiger charge is 2.15. The second kappa shape index (κ2) is 5.24. The lowest BCUT2D eigenvalue weighted by Gasteiger charge is -2.15. The van der Waals surface area contributed by atoms with Crippen LogP contribution in [0.4, 0.5) is 11.4 Å². The minimum Gasteiger partial charge on any atom is -0.397 e. The maximum Gasteiger partial charge on any atom is 0.299 e. The predicted octanol–water partition coefficient (Wildman–Crippen LogP) is 1.99. The molecule has 0 atom stereocenters. The number of hydrogen-bond acceptors (Lipinski definition) is 3. The van der Waals surface area contributed by atoms with Gasteiger partial charge in [-0.05, 0) is 38.5 Å². The highest BCUT2D eigenvalue weighted by atomic mass is 79.9. The first-order valence-electron chi connectivity index (χ1n) is 5.07. The summed E-state index contributed by atoms with van der Waals surface area (Å²) in [7, 11) is -3.59.